The van der Waals surface area contributed by atoms with Crippen molar-refractivity contribution in [1.29, 1.82) is 0 Å². The van der Waals surface area contributed by atoms with Gasteiger partial charge in [0.2, 0.25) is 0 Å². The highest BCUT2D eigenvalue weighted by Crippen LogP contribution is 2.29. The van der Waals surface area contributed by atoms with E-state index < -0.39 is 67.8 Å². The molecule has 1 aliphatic rings. The van der Waals surface area contributed by atoms with Crippen LogP contribution in [0.5, 0.6) is 0 Å². The topological polar surface area (TPSA) is 217 Å². The first kappa shape index (κ1) is 25.1. The fraction of sp³-hybridized carbons (Fsp3) is 0.933. The van der Waals surface area contributed by atoms with Crippen molar-refractivity contribution in [3.8, 4) is 0 Å². The molecule has 26 heavy (non-hydrogen) atoms. The fourth-order valence-electron chi connectivity index (χ4n) is 2.43. The lowest BCUT2D eigenvalue weighted by molar-refractivity contribution is -0.207. The van der Waals surface area contributed by atoms with Crippen molar-refractivity contribution in [3.63, 3.8) is 0 Å². The van der Waals surface area contributed by atoms with Gasteiger partial charge >= 0.3 is 5.97 Å². The molecule has 0 amide bonds. The third-order valence-corrected chi connectivity index (χ3v) is 4.38. The Kier molecular flexibility index (Phi) is 10.7. The molecule has 1 saturated carbocycles. The Hall–Kier alpha value is -0.890. The van der Waals surface area contributed by atoms with Gasteiger partial charge in [0.05, 0.1) is 32.0 Å². The van der Waals surface area contributed by atoms with E-state index in [0.29, 0.717) is 0 Å². The molecule has 11 heteroatoms. The van der Waals surface area contributed by atoms with Crippen LogP contribution in [-0.4, -0.2) is 109 Å². The maximum absolute atomic E-state index is 10.0. The molecule has 0 heterocycles. The van der Waals surface area contributed by atoms with E-state index in [9.17, 15) is 25.2 Å². The first-order chi connectivity index (χ1) is 11.9. The maximum Gasteiger partial charge on any atom is 0.320 e. The van der Waals surface area contributed by atoms with E-state index >= 15 is 0 Å². The smallest absolute Gasteiger partial charge is 0.320 e. The predicted molar refractivity (Wildman–Crippen MR) is 90.0 cm³/mol. The van der Waals surface area contributed by atoms with E-state index in [1.807, 2.05) is 0 Å². The molecule has 156 valence electrons. The quantitative estimate of drug-likeness (QED) is 0.202. The Morgan fingerprint density at radius 3 is 1.96 bits per heavy atom. The van der Waals surface area contributed by atoms with Gasteiger partial charge in [-0.3, -0.25) is 4.79 Å². The van der Waals surface area contributed by atoms with Crippen LogP contribution in [0.3, 0.4) is 0 Å². The summed E-state index contributed by atoms with van der Waals surface area (Å²) in [5, 5.41) is 76.7. The lowest BCUT2D eigenvalue weighted by Crippen LogP contribution is -2.68. The number of hydrogen-bond donors (Lipinski definition) is 10. The van der Waals surface area contributed by atoms with Crippen molar-refractivity contribution in [2.75, 3.05) is 19.8 Å². The number of aliphatic hydroxyl groups is 7. The number of aliphatic hydroxyl groups excluding tert-OH is 6. The molecule has 0 unspecified atom stereocenters. The van der Waals surface area contributed by atoms with Gasteiger partial charge in [0.15, 0.2) is 0 Å². The minimum atomic E-state index is -1.94. The van der Waals surface area contributed by atoms with Crippen LogP contribution < -0.4 is 11.1 Å². The van der Waals surface area contributed by atoms with E-state index in [1.165, 1.54) is 0 Å². The van der Waals surface area contributed by atoms with Crippen LogP contribution in [0.15, 0.2) is 0 Å². The summed E-state index contributed by atoms with van der Waals surface area (Å²) < 4.78 is 0. The summed E-state index contributed by atoms with van der Waals surface area (Å²) in [5.41, 5.74) is 3.22. The summed E-state index contributed by atoms with van der Waals surface area (Å²) in [7, 11) is 0. The van der Waals surface area contributed by atoms with Crippen molar-refractivity contribution in [1.82, 2.24) is 5.32 Å². The highest BCUT2D eigenvalue weighted by Gasteiger charge is 2.51. The summed E-state index contributed by atoms with van der Waals surface area (Å²) in [5.74, 6) is -0.910. The summed E-state index contributed by atoms with van der Waals surface area (Å²) in [4.78, 5) is 10.0. The SMILES string of the molecule is CC(C)[C@H](N)C(=O)O.OCC(CO)N[C@H]1C[C@](O)(CO)[C@@H](O)[C@H](O)[C@H]1O. The Morgan fingerprint density at radius 1 is 1.15 bits per heavy atom. The Morgan fingerprint density at radius 2 is 1.65 bits per heavy atom. The van der Waals surface area contributed by atoms with Gasteiger partial charge in [0, 0.05) is 6.04 Å². The fourth-order valence-corrected chi connectivity index (χ4v) is 2.43. The molecule has 0 aromatic heterocycles. The lowest BCUT2D eigenvalue weighted by atomic mass is 9.76. The second-order valence-electron chi connectivity index (χ2n) is 6.84. The zero-order chi connectivity index (χ0) is 20.7. The molecule has 0 aromatic carbocycles. The number of hydrogen-bond acceptors (Lipinski definition) is 10. The van der Waals surface area contributed by atoms with E-state index in [-0.39, 0.29) is 12.3 Å². The van der Waals surface area contributed by atoms with E-state index in [4.69, 9.17) is 26.2 Å². The minimum Gasteiger partial charge on any atom is -0.480 e. The first-order valence-corrected chi connectivity index (χ1v) is 8.28. The summed E-state index contributed by atoms with van der Waals surface area (Å²) >= 11 is 0. The third kappa shape index (κ3) is 6.68. The molecule has 1 aliphatic carbocycles. The van der Waals surface area contributed by atoms with Crippen molar-refractivity contribution < 1.29 is 45.6 Å². The summed E-state index contributed by atoms with van der Waals surface area (Å²) in [6.45, 7) is 1.99. The standard InChI is InChI=1S/C10H21NO7.C5H11NO2/c12-2-5(3-13)11-6-1-10(18,4-14)9(17)8(16)7(6)15;1-3(2)4(6)5(7)8/h5-9,11-18H,1-4H2;3-4H,6H2,1-2H3,(H,7,8)/t6-,7-,8+,9-,10-;4-/m00/s1. The van der Waals surface area contributed by atoms with Crippen LogP contribution in [-0.2, 0) is 4.79 Å². The molecule has 1 rings (SSSR count). The highest BCUT2D eigenvalue weighted by atomic mass is 16.4. The van der Waals surface area contributed by atoms with Gasteiger partial charge in [-0.15, -0.1) is 0 Å². The average molecular weight is 384 g/mol. The van der Waals surface area contributed by atoms with Crippen LogP contribution in [0.4, 0.5) is 0 Å². The molecule has 11 nitrogen and oxygen atoms in total. The van der Waals surface area contributed by atoms with Crippen LogP contribution in [0, 0.1) is 5.92 Å². The molecule has 0 aliphatic heterocycles. The molecule has 0 radical (unpaired) electrons. The maximum atomic E-state index is 10.0. The zero-order valence-electron chi connectivity index (χ0n) is 14.9. The zero-order valence-corrected chi connectivity index (χ0v) is 14.9. The Bertz CT molecular complexity index is 422. The van der Waals surface area contributed by atoms with Gasteiger partial charge < -0.3 is 51.9 Å². The summed E-state index contributed by atoms with van der Waals surface area (Å²) in [6, 6.07) is -2.31. The van der Waals surface area contributed by atoms with E-state index in [1.54, 1.807) is 13.8 Å². The van der Waals surface area contributed by atoms with Gasteiger partial charge in [-0.25, -0.2) is 0 Å². The highest BCUT2D eigenvalue weighted by molar-refractivity contribution is 5.73. The molecule has 0 spiro atoms. The summed E-state index contributed by atoms with van der Waals surface area (Å²) in [6.07, 6.45) is -4.91. The second kappa shape index (κ2) is 11.1. The van der Waals surface area contributed by atoms with Crippen LogP contribution >= 0.6 is 0 Å². The average Bonchev–Trinajstić information content (AvgIpc) is 2.61. The van der Waals surface area contributed by atoms with Crippen LogP contribution in [0.1, 0.15) is 20.3 Å². The van der Waals surface area contributed by atoms with E-state index in [2.05, 4.69) is 5.32 Å². The van der Waals surface area contributed by atoms with Crippen molar-refractivity contribution in [2.45, 2.75) is 62.3 Å². The Balaban J connectivity index is 0.000000660. The van der Waals surface area contributed by atoms with Crippen LogP contribution in [0.2, 0.25) is 0 Å². The van der Waals surface area contributed by atoms with Crippen molar-refractivity contribution in [2.24, 2.45) is 11.7 Å². The monoisotopic (exact) mass is 384 g/mol. The number of nitrogens with two attached hydrogens (primary N) is 1. The Labute approximate surface area is 151 Å². The first-order valence-electron chi connectivity index (χ1n) is 8.28. The predicted octanol–water partition coefficient (Wildman–Crippen LogP) is -4.44. The second-order valence-corrected chi connectivity index (χ2v) is 6.84. The van der Waals surface area contributed by atoms with Gasteiger partial charge in [0.25, 0.3) is 0 Å². The molecular formula is C15H32N2O9. The lowest BCUT2D eigenvalue weighted by Gasteiger charge is -2.46. The van der Waals surface area contributed by atoms with Gasteiger partial charge in [-0.05, 0) is 12.3 Å². The number of rotatable bonds is 7. The van der Waals surface area contributed by atoms with Gasteiger partial charge in [0.1, 0.15) is 23.9 Å². The van der Waals surface area contributed by atoms with E-state index in [0.717, 1.165) is 0 Å². The molecule has 1 fully saturated rings. The van der Waals surface area contributed by atoms with Gasteiger partial charge in [-0.1, -0.05) is 13.8 Å². The molecule has 0 saturated heterocycles. The molecule has 0 aromatic rings. The third-order valence-electron chi connectivity index (χ3n) is 4.38. The largest absolute Gasteiger partial charge is 0.480 e. The molecule has 11 N–H and O–H groups in total. The number of carboxylic acids is 1. The number of carbonyl (C=O) groups is 1. The van der Waals surface area contributed by atoms with Crippen molar-refractivity contribution >= 4 is 5.97 Å². The molecule has 0 bridgehead atoms. The van der Waals surface area contributed by atoms with Gasteiger partial charge in [-0.2, -0.15) is 0 Å². The number of aliphatic carboxylic acids is 1. The molecular weight excluding hydrogens is 352 g/mol. The number of carboxylic acid groups (broad SMARTS) is 1. The van der Waals surface area contributed by atoms with Crippen molar-refractivity contribution in [3.05, 3.63) is 0 Å². The van der Waals surface area contributed by atoms with Crippen LogP contribution in [0.25, 0.3) is 0 Å². The number of nitrogens with one attached hydrogen (secondary N) is 1. The normalized spacial score (nSPS) is 32.9. The molecule has 6 atom stereocenters. The minimum absolute atomic E-state index is 0.0208.